The average Bonchev–Trinajstić information content (AvgIpc) is 3.15. The van der Waals surface area contributed by atoms with Crippen molar-refractivity contribution in [2.24, 2.45) is 4.99 Å². The lowest BCUT2D eigenvalue weighted by molar-refractivity contribution is 0.0169. The predicted octanol–water partition coefficient (Wildman–Crippen LogP) is 3.46. The molecule has 3 rings (SSSR count). The molecule has 2 fully saturated rings. The summed E-state index contributed by atoms with van der Waals surface area (Å²) in [6.45, 7) is 10.6. The van der Waals surface area contributed by atoms with Gasteiger partial charge in [-0.05, 0) is 38.3 Å². The van der Waals surface area contributed by atoms with Gasteiger partial charge < -0.3 is 20.1 Å². The van der Waals surface area contributed by atoms with E-state index in [1.165, 1.54) is 0 Å². The summed E-state index contributed by atoms with van der Waals surface area (Å²) in [5, 5.41) is 7.68. The number of guanidine groups is 1. The highest BCUT2D eigenvalue weighted by molar-refractivity contribution is 14.0. The van der Waals surface area contributed by atoms with Crippen molar-refractivity contribution in [3.63, 3.8) is 0 Å². The van der Waals surface area contributed by atoms with E-state index in [9.17, 15) is 0 Å². The zero-order chi connectivity index (χ0) is 19.8. The van der Waals surface area contributed by atoms with Gasteiger partial charge in [0.1, 0.15) is 0 Å². The van der Waals surface area contributed by atoms with E-state index in [4.69, 9.17) is 26.1 Å². The van der Waals surface area contributed by atoms with E-state index in [1.807, 2.05) is 18.2 Å². The van der Waals surface area contributed by atoms with Crippen LogP contribution in [0.4, 0.5) is 0 Å². The molecule has 29 heavy (non-hydrogen) atoms. The smallest absolute Gasteiger partial charge is 0.191 e. The summed E-state index contributed by atoms with van der Waals surface area (Å²) in [6, 6.07) is 8.26. The van der Waals surface area contributed by atoms with Crippen LogP contribution in [-0.2, 0) is 9.47 Å². The number of benzene rings is 1. The highest BCUT2D eigenvalue weighted by Gasteiger charge is 2.30. The van der Waals surface area contributed by atoms with E-state index >= 15 is 0 Å². The fourth-order valence-corrected chi connectivity index (χ4v) is 4.07. The molecule has 1 aromatic carbocycles. The molecule has 0 bridgehead atoms. The zero-order valence-electron chi connectivity index (χ0n) is 17.5. The van der Waals surface area contributed by atoms with Crippen molar-refractivity contribution in [2.75, 3.05) is 52.5 Å². The van der Waals surface area contributed by atoms with Crippen LogP contribution in [0.5, 0.6) is 0 Å². The van der Waals surface area contributed by atoms with Crippen LogP contribution in [-0.4, -0.2) is 69.0 Å². The second-order valence-corrected chi connectivity index (χ2v) is 8.07. The van der Waals surface area contributed by atoms with E-state index in [0.29, 0.717) is 6.54 Å². The Hall–Kier alpha value is -0.610. The third kappa shape index (κ3) is 7.24. The van der Waals surface area contributed by atoms with E-state index in [-0.39, 0.29) is 35.6 Å². The Morgan fingerprint density at radius 2 is 2.00 bits per heavy atom. The Balaban J connectivity index is 0.00000300. The first-order valence-electron chi connectivity index (χ1n) is 10.3. The molecule has 1 aromatic rings. The summed E-state index contributed by atoms with van der Waals surface area (Å²) in [4.78, 5) is 7.23. The van der Waals surface area contributed by atoms with Crippen molar-refractivity contribution >= 4 is 41.5 Å². The molecule has 2 N–H and O–H groups in total. The lowest BCUT2D eigenvalue weighted by Crippen LogP contribution is -2.46. The average molecular weight is 537 g/mol. The van der Waals surface area contributed by atoms with Crippen LogP contribution in [0, 0.1) is 0 Å². The number of halogens is 2. The summed E-state index contributed by atoms with van der Waals surface area (Å²) < 4.78 is 11.4. The Kier molecular flexibility index (Phi) is 10.5. The molecular formula is C21H34ClIN4O2. The standard InChI is InChI=1S/C21H33ClN4O2.HI/c1-3-23-20(25-16-21(2)9-6-12-28-21)24-15-19(26-10-13-27-14-11-26)17-7-4-5-8-18(17)22;/h4-5,7-8,19H,3,6,9-16H2,1-2H3,(H2,23,24,25);1H. The molecule has 0 spiro atoms. The molecule has 0 saturated carbocycles. The second-order valence-electron chi connectivity index (χ2n) is 7.66. The first-order chi connectivity index (χ1) is 13.6. The van der Waals surface area contributed by atoms with Crippen LogP contribution in [0.25, 0.3) is 0 Å². The van der Waals surface area contributed by atoms with Gasteiger partial charge in [-0.25, -0.2) is 0 Å². The summed E-state index contributed by atoms with van der Waals surface area (Å²) in [5.41, 5.74) is 0.995. The van der Waals surface area contributed by atoms with Crippen LogP contribution in [0.3, 0.4) is 0 Å². The molecule has 6 nitrogen and oxygen atoms in total. The minimum atomic E-state index is -0.144. The molecule has 0 radical (unpaired) electrons. The lowest BCUT2D eigenvalue weighted by Gasteiger charge is -2.35. The van der Waals surface area contributed by atoms with E-state index in [0.717, 1.165) is 75.4 Å². The summed E-state index contributed by atoms with van der Waals surface area (Å²) in [6.07, 6.45) is 2.17. The van der Waals surface area contributed by atoms with Gasteiger partial charge in [0.2, 0.25) is 0 Å². The van der Waals surface area contributed by atoms with Gasteiger partial charge in [-0.3, -0.25) is 9.89 Å². The largest absolute Gasteiger partial charge is 0.379 e. The Labute approximate surface area is 196 Å². The highest BCUT2D eigenvalue weighted by atomic mass is 127. The summed E-state index contributed by atoms with van der Waals surface area (Å²) in [7, 11) is 0. The number of hydrogen-bond acceptors (Lipinski definition) is 4. The van der Waals surface area contributed by atoms with Gasteiger partial charge in [0.05, 0.1) is 31.4 Å². The molecule has 2 aliphatic heterocycles. The minimum Gasteiger partial charge on any atom is -0.379 e. The van der Waals surface area contributed by atoms with Crippen LogP contribution in [0.2, 0.25) is 5.02 Å². The van der Waals surface area contributed by atoms with Crippen LogP contribution in [0.1, 0.15) is 38.3 Å². The third-order valence-electron chi connectivity index (χ3n) is 5.43. The first-order valence-corrected chi connectivity index (χ1v) is 10.7. The SMILES string of the molecule is CCNC(=NCC1(C)CCCO1)NCC(c1ccccc1Cl)N1CCOCC1.I. The maximum absolute atomic E-state index is 6.53. The number of nitrogens with one attached hydrogen (secondary N) is 2. The number of morpholine rings is 1. The number of ether oxygens (including phenoxy) is 2. The van der Waals surface area contributed by atoms with Crippen LogP contribution in [0.15, 0.2) is 29.3 Å². The van der Waals surface area contributed by atoms with Gasteiger partial charge >= 0.3 is 0 Å². The molecule has 0 aromatic heterocycles. The number of rotatable bonds is 7. The van der Waals surface area contributed by atoms with Gasteiger partial charge in [-0.1, -0.05) is 29.8 Å². The van der Waals surface area contributed by atoms with Crippen molar-refractivity contribution in [2.45, 2.75) is 38.3 Å². The van der Waals surface area contributed by atoms with Crippen LogP contribution >= 0.6 is 35.6 Å². The van der Waals surface area contributed by atoms with Gasteiger partial charge in [-0.2, -0.15) is 0 Å². The van der Waals surface area contributed by atoms with Gasteiger partial charge in [0, 0.05) is 37.8 Å². The van der Waals surface area contributed by atoms with Gasteiger partial charge in [0.15, 0.2) is 5.96 Å². The van der Waals surface area contributed by atoms with Crippen molar-refractivity contribution < 1.29 is 9.47 Å². The molecule has 2 saturated heterocycles. The van der Waals surface area contributed by atoms with Crippen LogP contribution < -0.4 is 10.6 Å². The summed E-state index contributed by atoms with van der Waals surface area (Å²) >= 11 is 6.53. The Morgan fingerprint density at radius 1 is 1.24 bits per heavy atom. The minimum absolute atomic E-state index is 0. The van der Waals surface area contributed by atoms with E-state index < -0.39 is 0 Å². The van der Waals surface area contributed by atoms with E-state index in [2.05, 4.69) is 35.4 Å². The van der Waals surface area contributed by atoms with Gasteiger partial charge in [0.25, 0.3) is 0 Å². The molecule has 0 amide bonds. The molecular weight excluding hydrogens is 503 g/mol. The molecule has 0 aliphatic carbocycles. The van der Waals surface area contributed by atoms with E-state index in [1.54, 1.807) is 0 Å². The normalized spacial score (nSPS) is 24.0. The first kappa shape index (κ1) is 24.7. The molecule has 164 valence electrons. The highest BCUT2D eigenvalue weighted by Crippen LogP contribution is 2.28. The third-order valence-corrected chi connectivity index (χ3v) is 5.77. The maximum atomic E-state index is 6.53. The molecule has 8 heteroatoms. The fourth-order valence-electron chi connectivity index (χ4n) is 3.81. The van der Waals surface area contributed by atoms with Crippen molar-refractivity contribution in [3.05, 3.63) is 34.9 Å². The quantitative estimate of drug-likeness (QED) is 0.318. The molecule has 2 unspecified atom stereocenters. The lowest BCUT2D eigenvalue weighted by atomic mass is 10.0. The second kappa shape index (κ2) is 12.3. The molecule has 2 aliphatic rings. The number of hydrogen-bond donors (Lipinski definition) is 2. The van der Waals surface area contributed by atoms with Crippen molar-refractivity contribution in [1.29, 1.82) is 0 Å². The number of nitrogens with zero attached hydrogens (tertiary/aromatic N) is 2. The number of aliphatic imine (C=N–C) groups is 1. The fraction of sp³-hybridized carbons (Fsp3) is 0.667. The van der Waals surface area contributed by atoms with Gasteiger partial charge in [-0.15, -0.1) is 24.0 Å². The van der Waals surface area contributed by atoms with Crippen molar-refractivity contribution in [3.8, 4) is 0 Å². The zero-order valence-corrected chi connectivity index (χ0v) is 20.5. The monoisotopic (exact) mass is 536 g/mol. The maximum Gasteiger partial charge on any atom is 0.191 e. The summed E-state index contributed by atoms with van der Waals surface area (Å²) in [5.74, 6) is 0.824. The Morgan fingerprint density at radius 3 is 2.66 bits per heavy atom. The topological polar surface area (TPSA) is 58.1 Å². The van der Waals surface area contributed by atoms with Crippen molar-refractivity contribution in [1.82, 2.24) is 15.5 Å². The Bertz CT molecular complexity index is 649. The predicted molar refractivity (Wildman–Crippen MR) is 130 cm³/mol. The molecule has 2 heterocycles. The molecule has 2 atom stereocenters.